The molecule has 1 amide bonds. The fourth-order valence-electron chi connectivity index (χ4n) is 2.23. The lowest BCUT2D eigenvalue weighted by molar-refractivity contribution is -0.153. The third kappa shape index (κ3) is 3.48. The Morgan fingerprint density at radius 2 is 2.00 bits per heavy atom. The van der Waals surface area contributed by atoms with Crippen LogP contribution in [0, 0.1) is 5.41 Å². The van der Waals surface area contributed by atoms with E-state index in [1.165, 1.54) is 11.8 Å². The summed E-state index contributed by atoms with van der Waals surface area (Å²) >= 11 is 1.11. The summed E-state index contributed by atoms with van der Waals surface area (Å²) in [5.41, 5.74) is -0.530. The highest BCUT2D eigenvalue weighted by Gasteiger charge is 2.43. The van der Waals surface area contributed by atoms with Crippen LogP contribution < -0.4 is 0 Å². The summed E-state index contributed by atoms with van der Waals surface area (Å²) in [5.74, 6) is -1.18. The first kappa shape index (κ1) is 15.0. The average Bonchev–Trinajstić information content (AvgIpc) is 2.42. The van der Waals surface area contributed by atoms with E-state index in [-0.39, 0.29) is 22.7 Å². The van der Waals surface area contributed by atoms with Gasteiger partial charge in [0.25, 0.3) is 0 Å². The molecule has 1 fully saturated rings. The van der Waals surface area contributed by atoms with Crippen molar-refractivity contribution in [2.24, 2.45) is 5.41 Å². The van der Waals surface area contributed by atoms with Crippen molar-refractivity contribution in [3.8, 4) is 0 Å². The van der Waals surface area contributed by atoms with Crippen LogP contribution in [0.1, 0.15) is 34.1 Å². The van der Waals surface area contributed by atoms with E-state index in [1.807, 2.05) is 0 Å². The molecule has 102 valence electrons. The number of nitrogens with zero attached hydrogens (tertiary/aromatic N) is 1. The maximum absolute atomic E-state index is 11.9. The van der Waals surface area contributed by atoms with Gasteiger partial charge >= 0.3 is 5.97 Å². The summed E-state index contributed by atoms with van der Waals surface area (Å²) in [5, 5.41) is 9.12. The van der Waals surface area contributed by atoms with Crippen LogP contribution in [-0.4, -0.2) is 44.8 Å². The van der Waals surface area contributed by atoms with Crippen molar-refractivity contribution >= 4 is 28.8 Å². The summed E-state index contributed by atoms with van der Waals surface area (Å²) in [7, 11) is 0. The number of likely N-dealkylation sites (tertiary alicyclic amines) is 1. The second-order valence-electron chi connectivity index (χ2n) is 5.59. The first-order valence-electron chi connectivity index (χ1n) is 5.82. The quantitative estimate of drug-likeness (QED) is 0.840. The van der Waals surface area contributed by atoms with Gasteiger partial charge in [0.1, 0.15) is 6.04 Å². The first-order chi connectivity index (χ1) is 8.12. The second kappa shape index (κ2) is 5.30. The zero-order valence-electron chi connectivity index (χ0n) is 11.1. The number of rotatable bonds is 3. The van der Waals surface area contributed by atoms with Crippen molar-refractivity contribution in [1.29, 1.82) is 0 Å². The Morgan fingerprint density at radius 3 is 2.39 bits per heavy atom. The van der Waals surface area contributed by atoms with Gasteiger partial charge in [0.15, 0.2) is 5.12 Å². The van der Waals surface area contributed by atoms with E-state index in [0.29, 0.717) is 6.54 Å². The minimum Gasteiger partial charge on any atom is -0.480 e. The van der Waals surface area contributed by atoms with Gasteiger partial charge in [-0.15, -0.1) is 0 Å². The highest BCUT2D eigenvalue weighted by atomic mass is 32.2. The van der Waals surface area contributed by atoms with Gasteiger partial charge in [-0.1, -0.05) is 32.5 Å². The van der Waals surface area contributed by atoms with Crippen LogP contribution in [-0.2, 0) is 14.4 Å². The first-order valence-corrected chi connectivity index (χ1v) is 6.70. The van der Waals surface area contributed by atoms with Gasteiger partial charge in [-0.3, -0.25) is 9.59 Å². The Balaban J connectivity index is 2.85. The maximum atomic E-state index is 11.9. The number of carboxylic acid groups (broad SMARTS) is 1. The van der Waals surface area contributed by atoms with E-state index in [4.69, 9.17) is 0 Å². The number of carbonyl (C=O) groups is 3. The smallest absolute Gasteiger partial charge is 0.326 e. The predicted molar refractivity (Wildman–Crippen MR) is 69.3 cm³/mol. The fraction of sp³-hybridized carbons (Fsp3) is 0.750. The third-order valence-corrected chi connectivity index (χ3v) is 3.80. The zero-order valence-corrected chi connectivity index (χ0v) is 11.9. The molecular formula is C12H19NO4S. The fourth-order valence-corrected chi connectivity index (χ4v) is 3.16. The van der Waals surface area contributed by atoms with Crippen LogP contribution in [0.5, 0.6) is 0 Å². The van der Waals surface area contributed by atoms with Gasteiger partial charge < -0.3 is 10.0 Å². The lowest BCUT2D eigenvalue weighted by Crippen LogP contribution is -2.50. The molecule has 1 N–H and O–H groups in total. The van der Waals surface area contributed by atoms with Gasteiger partial charge in [0.05, 0.1) is 0 Å². The van der Waals surface area contributed by atoms with Gasteiger partial charge in [-0.25, -0.2) is 4.79 Å². The molecule has 1 unspecified atom stereocenters. The molecule has 1 saturated heterocycles. The van der Waals surface area contributed by atoms with Crippen molar-refractivity contribution < 1.29 is 19.5 Å². The Morgan fingerprint density at radius 1 is 1.44 bits per heavy atom. The third-order valence-electron chi connectivity index (χ3n) is 2.82. The average molecular weight is 273 g/mol. The second-order valence-corrected chi connectivity index (χ2v) is 7.07. The summed E-state index contributed by atoms with van der Waals surface area (Å²) < 4.78 is 0. The van der Waals surface area contributed by atoms with Crippen LogP contribution in [0.4, 0.5) is 0 Å². The largest absolute Gasteiger partial charge is 0.480 e. The van der Waals surface area contributed by atoms with Crippen LogP contribution in [0.15, 0.2) is 0 Å². The highest BCUT2D eigenvalue weighted by Crippen LogP contribution is 2.32. The standard InChI is InChI=1S/C12H19NO4S/c1-7(14)18-8-5-9(15)13(6-8)10(11(16)17)12(2,3)4/h8,10H,5-6H2,1-4H3,(H,16,17)/t8?,10-/m1/s1. The van der Waals surface area contributed by atoms with E-state index >= 15 is 0 Å². The summed E-state index contributed by atoms with van der Waals surface area (Å²) in [6.07, 6.45) is 0.240. The van der Waals surface area contributed by atoms with E-state index in [1.54, 1.807) is 20.8 Å². The van der Waals surface area contributed by atoms with Gasteiger partial charge in [-0.2, -0.15) is 0 Å². The number of hydrogen-bond donors (Lipinski definition) is 1. The lowest BCUT2D eigenvalue weighted by Gasteiger charge is -2.34. The minimum atomic E-state index is -0.996. The van der Waals surface area contributed by atoms with E-state index in [9.17, 15) is 19.5 Å². The molecule has 0 aromatic carbocycles. The molecule has 0 saturated carbocycles. The molecule has 1 heterocycles. The van der Waals surface area contributed by atoms with Crippen LogP contribution in [0.3, 0.4) is 0 Å². The molecule has 1 aliphatic heterocycles. The highest BCUT2D eigenvalue weighted by molar-refractivity contribution is 8.14. The lowest BCUT2D eigenvalue weighted by atomic mass is 9.86. The van der Waals surface area contributed by atoms with Crippen molar-refractivity contribution in [1.82, 2.24) is 4.90 Å². The zero-order chi connectivity index (χ0) is 14.1. The molecule has 0 spiro atoms. The number of aliphatic carboxylic acids is 1. The molecule has 0 aromatic rings. The normalized spacial score (nSPS) is 22.1. The number of thioether (sulfide) groups is 1. The van der Waals surface area contributed by atoms with Crippen molar-refractivity contribution in [2.45, 2.75) is 45.4 Å². The molecule has 6 heteroatoms. The summed E-state index contributed by atoms with van der Waals surface area (Å²) in [4.78, 5) is 35.7. The molecule has 5 nitrogen and oxygen atoms in total. The molecule has 18 heavy (non-hydrogen) atoms. The molecule has 1 aliphatic rings. The Kier molecular flexibility index (Phi) is 4.42. The maximum Gasteiger partial charge on any atom is 0.326 e. The Bertz CT molecular complexity index is 375. The number of carboxylic acids is 1. The molecule has 0 aromatic heterocycles. The molecule has 0 bridgehead atoms. The molecule has 1 rings (SSSR count). The number of amides is 1. The Labute approximate surface area is 111 Å². The molecule has 0 aliphatic carbocycles. The van der Waals surface area contributed by atoms with E-state index < -0.39 is 17.4 Å². The number of carbonyl (C=O) groups excluding carboxylic acids is 2. The van der Waals surface area contributed by atoms with Crippen molar-refractivity contribution in [3.05, 3.63) is 0 Å². The van der Waals surface area contributed by atoms with Crippen LogP contribution in [0.25, 0.3) is 0 Å². The minimum absolute atomic E-state index is 0.0442. The van der Waals surface area contributed by atoms with Crippen LogP contribution >= 0.6 is 11.8 Å². The predicted octanol–water partition coefficient (Wildman–Crippen LogP) is 1.37. The van der Waals surface area contributed by atoms with Gasteiger partial charge in [-0.05, 0) is 5.41 Å². The molecule has 0 radical (unpaired) electrons. The summed E-state index contributed by atoms with van der Waals surface area (Å²) in [6, 6.07) is -0.845. The number of hydrogen-bond acceptors (Lipinski definition) is 4. The Hall–Kier alpha value is -1.04. The van der Waals surface area contributed by atoms with Crippen LogP contribution in [0.2, 0.25) is 0 Å². The van der Waals surface area contributed by atoms with E-state index in [2.05, 4.69) is 0 Å². The van der Waals surface area contributed by atoms with Crippen molar-refractivity contribution in [2.75, 3.05) is 6.54 Å². The molecular weight excluding hydrogens is 254 g/mol. The van der Waals surface area contributed by atoms with Gasteiger partial charge in [0, 0.05) is 25.1 Å². The summed E-state index contributed by atoms with van der Waals surface area (Å²) in [6.45, 7) is 7.17. The SMILES string of the molecule is CC(=O)SC1CC(=O)N([C@H](C(=O)O)C(C)(C)C)C1. The van der Waals surface area contributed by atoms with Crippen molar-refractivity contribution in [3.63, 3.8) is 0 Å². The monoisotopic (exact) mass is 273 g/mol. The van der Waals surface area contributed by atoms with Gasteiger partial charge in [0.2, 0.25) is 5.91 Å². The van der Waals surface area contributed by atoms with E-state index in [0.717, 1.165) is 11.8 Å². The molecule has 2 atom stereocenters. The topological polar surface area (TPSA) is 74.7 Å².